The Bertz CT molecular complexity index is 616. The van der Waals surface area contributed by atoms with E-state index in [0.717, 1.165) is 0 Å². The van der Waals surface area contributed by atoms with E-state index in [2.05, 4.69) is 20.6 Å². The first-order chi connectivity index (χ1) is 10.6. The van der Waals surface area contributed by atoms with E-state index >= 15 is 0 Å². The zero-order valence-electron chi connectivity index (χ0n) is 11.3. The number of carbonyl (C=O) groups excluding carboxylic acids is 3. The summed E-state index contributed by atoms with van der Waals surface area (Å²) in [5.74, 6) is -0.487. The maximum absolute atomic E-state index is 10.9. The lowest BCUT2D eigenvalue weighted by molar-refractivity contribution is -0.135. The average Bonchev–Trinajstić information content (AvgIpc) is 2.55. The fourth-order valence-corrected chi connectivity index (χ4v) is 1.60. The molecule has 0 saturated carbocycles. The van der Waals surface area contributed by atoms with E-state index in [-0.39, 0.29) is 30.7 Å². The third kappa shape index (κ3) is 3.79. The number of aromatic nitrogens is 1. The summed E-state index contributed by atoms with van der Waals surface area (Å²) in [7, 11) is 0. The Morgan fingerprint density at radius 2 is 2.27 bits per heavy atom. The maximum Gasteiger partial charge on any atom is 0.262 e. The van der Waals surface area contributed by atoms with Gasteiger partial charge in [-0.2, -0.15) is 5.48 Å². The van der Waals surface area contributed by atoms with E-state index in [4.69, 9.17) is 9.84 Å². The quantitative estimate of drug-likeness (QED) is 0.622. The number of nitrogens with zero attached hydrogens (tertiary/aromatic N) is 1. The molecule has 3 rings (SSSR count). The molecule has 2 aliphatic rings. The second kappa shape index (κ2) is 7.18. The molecule has 0 aliphatic carbocycles. The number of rotatable bonds is 2. The van der Waals surface area contributed by atoms with Crippen LogP contribution in [0.3, 0.4) is 0 Å². The summed E-state index contributed by atoms with van der Waals surface area (Å²) in [6, 6.07) is 1.47. The zero-order chi connectivity index (χ0) is 15.9. The molecule has 0 spiro atoms. The molecule has 9 nitrogen and oxygen atoms in total. The van der Waals surface area contributed by atoms with Gasteiger partial charge >= 0.3 is 0 Å². The van der Waals surface area contributed by atoms with Gasteiger partial charge in [0.1, 0.15) is 12.0 Å². The van der Waals surface area contributed by atoms with Crippen LogP contribution in [0, 0.1) is 5.92 Å². The SMILES string of the molecule is O=C1NOC=CC1CO.O=Cc1cc2c(cn1)OCC(=O)N2. The van der Waals surface area contributed by atoms with E-state index in [1.807, 2.05) is 0 Å². The molecular weight excluding hydrogens is 294 g/mol. The molecule has 22 heavy (non-hydrogen) atoms. The third-order valence-electron chi connectivity index (χ3n) is 2.71. The van der Waals surface area contributed by atoms with Crippen molar-refractivity contribution in [2.75, 3.05) is 18.5 Å². The lowest BCUT2D eigenvalue weighted by Gasteiger charge is -2.16. The third-order valence-corrected chi connectivity index (χ3v) is 2.71. The first kappa shape index (κ1) is 15.4. The van der Waals surface area contributed by atoms with E-state index in [1.165, 1.54) is 24.6 Å². The summed E-state index contributed by atoms with van der Waals surface area (Å²) in [4.78, 5) is 40.0. The molecule has 0 radical (unpaired) electrons. The number of fused-ring (bicyclic) bond motifs is 1. The lowest BCUT2D eigenvalue weighted by Crippen LogP contribution is -2.33. The highest BCUT2D eigenvalue weighted by Crippen LogP contribution is 2.26. The molecule has 3 heterocycles. The minimum Gasteiger partial charge on any atom is -0.480 e. The highest BCUT2D eigenvalue weighted by atomic mass is 16.6. The lowest BCUT2D eigenvalue weighted by atomic mass is 10.1. The van der Waals surface area contributed by atoms with Crippen molar-refractivity contribution in [3.8, 4) is 5.75 Å². The average molecular weight is 307 g/mol. The van der Waals surface area contributed by atoms with Crippen LogP contribution < -0.4 is 15.5 Å². The summed E-state index contributed by atoms with van der Waals surface area (Å²) >= 11 is 0. The van der Waals surface area contributed by atoms with Gasteiger partial charge in [-0.15, -0.1) is 0 Å². The fourth-order valence-electron chi connectivity index (χ4n) is 1.60. The van der Waals surface area contributed by atoms with Gasteiger partial charge in [0.25, 0.3) is 11.8 Å². The number of hydrogen-bond acceptors (Lipinski definition) is 7. The maximum atomic E-state index is 10.9. The van der Waals surface area contributed by atoms with Gasteiger partial charge in [-0.3, -0.25) is 14.4 Å². The van der Waals surface area contributed by atoms with E-state index in [9.17, 15) is 14.4 Å². The van der Waals surface area contributed by atoms with Gasteiger partial charge in [0.2, 0.25) is 0 Å². The van der Waals surface area contributed by atoms with Crippen LogP contribution in [0.5, 0.6) is 5.75 Å². The number of aliphatic hydroxyl groups excluding tert-OH is 1. The van der Waals surface area contributed by atoms with E-state index < -0.39 is 5.92 Å². The van der Waals surface area contributed by atoms with Crippen LogP contribution in [-0.4, -0.2) is 41.4 Å². The molecule has 2 amide bonds. The van der Waals surface area contributed by atoms with Crippen LogP contribution in [0.4, 0.5) is 5.69 Å². The first-order valence-electron chi connectivity index (χ1n) is 6.25. The monoisotopic (exact) mass is 307 g/mol. The van der Waals surface area contributed by atoms with Crippen molar-refractivity contribution < 1.29 is 29.1 Å². The molecule has 116 valence electrons. The van der Waals surface area contributed by atoms with Gasteiger partial charge in [0.05, 0.1) is 24.4 Å². The molecule has 1 atom stereocenters. The number of anilines is 1. The van der Waals surface area contributed by atoms with Crippen molar-refractivity contribution in [3.05, 3.63) is 30.3 Å². The van der Waals surface area contributed by atoms with E-state index in [1.54, 1.807) is 0 Å². The van der Waals surface area contributed by atoms with Crippen LogP contribution in [-0.2, 0) is 14.4 Å². The van der Waals surface area contributed by atoms with Gasteiger partial charge in [-0.05, 0) is 12.1 Å². The number of hydrogen-bond donors (Lipinski definition) is 3. The summed E-state index contributed by atoms with van der Waals surface area (Å²) in [5, 5.41) is 11.1. The number of aliphatic hydroxyl groups is 1. The van der Waals surface area contributed by atoms with Crippen LogP contribution in [0.1, 0.15) is 10.5 Å². The van der Waals surface area contributed by atoms with Gasteiger partial charge in [-0.25, -0.2) is 4.98 Å². The number of ether oxygens (including phenoxy) is 1. The van der Waals surface area contributed by atoms with Gasteiger partial charge in [-0.1, -0.05) is 0 Å². The topological polar surface area (TPSA) is 127 Å². The standard InChI is InChI=1S/C8H6N2O3.C5H7NO3/c11-3-5-1-6-7(2-9-5)13-4-8(12)10-6;7-3-4-1-2-9-6-5(4)8/h1-3H,4H2,(H,10,12);1-2,4,7H,3H2,(H,6,8). The fraction of sp³-hybridized carbons (Fsp3) is 0.231. The number of carbonyl (C=O) groups is 3. The Morgan fingerprint density at radius 1 is 1.45 bits per heavy atom. The number of pyridine rings is 1. The van der Waals surface area contributed by atoms with Crippen LogP contribution in [0.2, 0.25) is 0 Å². The molecule has 3 N–H and O–H groups in total. The smallest absolute Gasteiger partial charge is 0.262 e. The van der Waals surface area contributed by atoms with Gasteiger partial charge < -0.3 is 20.0 Å². The van der Waals surface area contributed by atoms with Crippen molar-refractivity contribution in [1.29, 1.82) is 0 Å². The Kier molecular flexibility index (Phi) is 5.04. The molecule has 0 bridgehead atoms. The molecular formula is C13H13N3O6. The second-order valence-electron chi connectivity index (χ2n) is 4.26. The second-order valence-corrected chi connectivity index (χ2v) is 4.26. The van der Waals surface area contributed by atoms with Crippen molar-refractivity contribution in [3.63, 3.8) is 0 Å². The Balaban J connectivity index is 0.000000172. The summed E-state index contributed by atoms with van der Waals surface area (Å²) in [5.41, 5.74) is 2.86. The number of aldehydes is 1. The minimum absolute atomic E-state index is 0.00485. The molecule has 9 heteroatoms. The summed E-state index contributed by atoms with van der Waals surface area (Å²) in [6.45, 7) is -0.180. The molecule has 0 fully saturated rings. The van der Waals surface area contributed by atoms with Crippen molar-refractivity contribution in [2.24, 2.45) is 5.92 Å². The van der Waals surface area contributed by atoms with Crippen molar-refractivity contribution >= 4 is 23.8 Å². The number of nitrogens with one attached hydrogen (secondary N) is 2. The largest absolute Gasteiger partial charge is 0.480 e. The van der Waals surface area contributed by atoms with Crippen LogP contribution >= 0.6 is 0 Å². The molecule has 2 aliphatic heterocycles. The first-order valence-corrected chi connectivity index (χ1v) is 6.25. The Morgan fingerprint density at radius 3 is 2.91 bits per heavy atom. The molecule has 0 saturated heterocycles. The van der Waals surface area contributed by atoms with Crippen LogP contribution in [0.15, 0.2) is 24.6 Å². The van der Waals surface area contributed by atoms with Crippen molar-refractivity contribution in [2.45, 2.75) is 0 Å². The Hall–Kier alpha value is -2.94. The predicted octanol–water partition coefficient (Wildman–Crippen LogP) is -0.605. The zero-order valence-corrected chi connectivity index (χ0v) is 11.3. The summed E-state index contributed by atoms with van der Waals surface area (Å²) in [6.07, 6.45) is 4.86. The minimum atomic E-state index is -0.446. The molecule has 1 aromatic heterocycles. The predicted molar refractivity (Wildman–Crippen MR) is 72.7 cm³/mol. The normalized spacial score (nSPS) is 18.5. The molecule has 0 aromatic carbocycles. The van der Waals surface area contributed by atoms with Gasteiger partial charge in [0.15, 0.2) is 18.6 Å². The molecule has 1 unspecified atom stereocenters. The highest BCUT2D eigenvalue weighted by molar-refractivity contribution is 5.96. The van der Waals surface area contributed by atoms with Crippen molar-refractivity contribution in [1.82, 2.24) is 10.5 Å². The van der Waals surface area contributed by atoms with E-state index in [0.29, 0.717) is 17.7 Å². The number of amides is 2. The highest BCUT2D eigenvalue weighted by Gasteiger charge is 2.17. The molecule has 1 aromatic rings. The summed E-state index contributed by atoms with van der Waals surface area (Å²) < 4.78 is 5.04. The van der Waals surface area contributed by atoms with Gasteiger partial charge in [0, 0.05) is 0 Å². The van der Waals surface area contributed by atoms with Crippen LogP contribution in [0.25, 0.3) is 0 Å². The Labute approximate surface area is 124 Å². The number of hydroxylamine groups is 1.